The molecule has 2 aromatic rings. The van der Waals surface area contributed by atoms with Gasteiger partial charge in [-0.15, -0.1) is 0 Å². The van der Waals surface area contributed by atoms with E-state index in [9.17, 15) is 0 Å². The van der Waals surface area contributed by atoms with Gasteiger partial charge >= 0.3 is 0 Å². The van der Waals surface area contributed by atoms with Crippen LogP contribution in [0.4, 0.5) is 5.69 Å². The van der Waals surface area contributed by atoms with E-state index in [1.807, 2.05) is 0 Å². The van der Waals surface area contributed by atoms with E-state index < -0.39 is 0 Å². The molecule has 2 aliphatic rings. The third-order valence-corrected chi connectivity index (χ3v) is 5.55. The number of rotatable bonds is 6. The summed E-state index contributed by atoms with van der Waals surface area (Å²) in [6.45, 7) is 2.12. The van der Waals surface area contributed by atoms with Crippen molar-refractivity contribution < 1.29 is 9.47 Å². The molecule has 1 atom stereocenters. The van der Waals surface area contributed by atoms with E-state index in [0.29, 0.717) is 6.04 Å². The summed E-state index contributed by atoms with van der Waals surface area (Å²) in [5, 5.41) is 7.93. The largest absolute Gasteiger partial charge is 0.510 e. The standard InChI is InChI=1S/C19H31B6N3O2/c20-18(21,22)29-15-7-12-14(8-16(15)30-19(23,24)25)28-13-5-1-4-11(13)17(12)27-10-3-2-6-26-9-10/h7-8,10,26H,1-6,9,20-25H2,(H,27,28)/t10-/m1/s1. The van der Waals surface area contributed by atoms with E-state index in [1.54, 1.807) is 0 Å². The zero-order chi connectivity index (χ0) is 21.5. The maximum absolute atomic E-state index is 6.36. The van der Waals surface area contributed by atoms with Crippen LogP contribution in [0.25, 0.3) is 10.9 Å². The Morgan fingerprint density at radius 3 is 2.30 bits per heavy atom. The van der Waals surface area contributed by atoms with Crippen molar-refractivity contribution in [3.63, 3.8) is 0 Å². The Balaban J connectivity index is 1.85. The summed E-state index contributed by atoms with van der Waals surface area (Å²) >= 11 is 0. The van der Waals surface area contributed by atoms with Crippen LogP contribution in [0.2, 0.25) is 0 Å². The Kier molecular flexibility index (Phi) is 5.86. The van der Waals surface area contributed by atoms with Crippen LogP contribution in [0, 0.1) is 0 Å². The molecule has 1 saturated heterocycles. The molecule has 0 spiro atoms. The van der Waals surface area contributed by atoms with Crippen molar-refractivity contribution in [1.82, 2.24) is 10.3 Å². The molecular formula is C19H31B6N3O2. The van der Waals surface area contributed by atoms with Crippen LogP contribution < -0.4 is 20.1 Å². The summed E-state index contributed by atoms with van der Waals surface area (Å²) < 4.78 is 12.7. The van der Waals surface area contributed by atoms with Gasteiger partial charge in [-0.05, 0) is 50.3 Å². The lowest BCUT2D eigenvalue weighted by Crippen LogP contribution is -2.40. The Morgan fingerprint density at radius 1 is 0.967 bits per heavy atom. The summed E-state index contributed by atoms with van der Waals surface area (Å²) in [7, 11) is 12.4. The van der Waals surface area contributed by atoms with Gasteiger partial charge < -0.3 is 20.1 Å². The van der Waals surface area contributed by atoms with Crippen molar-refractivity contribution in [2.24, 2.45) is 0 Å². The molecule has 1 aliphatic carbocycles. The SMILES string of the molecule is BC(B)(B)Oc1cc2nc3c(c(N[C@@H]4CCCNC4)c2cc1OC(B)(B)B)CCC3. The highest BCUT2D eigenvalue weighted by atomic mass is 16.5. The molecule has 5 nitrogen and oxygen atoms in total. The second-order valence-corrected chi connectivity index (χ2v) is 10.7. The van der Waals surface area contributed by atoms with Crippen molar-refractivity contribution in [3.05, 3.63) is 23.4 Å². The molecule has 0 unspecified atom stereocenters. The molecule has 11 heteroatoms. The summed E-state index contributed by atoms with van der Waals surface area (Å²) in [4.78, 5) is 5.05. The molecule has 0 saturated carbocycles. The van der Waals surface area contributed by atoms with Crippen LogP contribution in [-0.4, -0.2) is 81.8 Å². The molecule has 0 bridgehead atoms. The van der Waals surface area contributed by atoms with E-state index in [-0.39, 0.29) is 10.6 Å². The first-order valence-corrected chi connectivity index (χ1v) is 11.4. The summed E-state index contributed by atoms with van der Waals surface area (Å²) in [6.07, 6.45) is 5.73. The minimum atomic E-state index is -0.311. The van der Waals surface area contributed by atoms with E-state index in [0.717, 1.165) is 48.3 Å². The van der Waals surface area contributed by atoms with E-state index in [4.69, 9.17) is 14.5 Å². The number of nitrogens with one attached hydrogen (secondary N) is 2. The molecule has 4 rings (SSSR count). The predicted octanol–water partition coefficient (Wildman–Crippen LogP) is -3.33. The van der Waals surface area contributed by atoms with Gasteiger partial charge in [0.25, 0.3) is 0 Å². The molecular weight excluding hydrogens is 367 g/mol. The number of benzene rings is 1. The topological polar surface area (TPSA) is 55.4 Å². The van der Waals surface area contributed by atoms with Gasteiger partial charge in [-0.25, -0.2) is 0 Å². The second-order valence-electron chi connectivity index (χ2n) is 10.7. The van der Waals surface area contributed by atoms with Crippen LogP contribution in [0.15, 0.2) is 12.1 Å². The van der Waals surface area contributed by atoms with Gasteiger partial charge in [-0.3, -0.25) is 4.98 Å². The number of piperidine rings is 1. The maximum Gasteiger partial charge on any atom is 0.160 e. The molecule has 0 radical (unpaired) electrons. The number of fused-ring (bicyclic) bond motifs is 2. The predicted molar refractivity (Wildman–Crippen MR) is 141 cm³/mol. The van der Waals surface area contributed by atoms with Gasteiger partial charge in [0.05, 0.1) is 5.52 Å². The lowest BCUT2D eigenvalue weighted by atomic mass is 9.52. The molecule has 2 heterocycles. The third-order valence-electron chi connectivity index (χ3n) is 5.55. The van der Waals surface area contributed by atoms with Crippen LogP contribution in [-0.2, 0) is 12.8 Å². The summed E-state index contributed by atoms with van der Waals surface area (Å²) in [6, 6.07) is 4.67. The van der Waals surface area contributed by atoms with Crippen LogP contribution >= 0.6 is 0 Å². The molecule has 0 amide bonds. The Bertz CT molecular complexity index is 939. The Morgan fingerprint density at radius 2 is 1.67 bits per heavy atom. The molecule has 2 N–H and O–H groups in total. The smallest absolute Gasteiger partial charge is 0.160 e. The van der Waals surface area contributed by atoms with Gasteiger partial charge in [-0.1, -0.05) is 0 Å². The monoisotopic (exact) mass is 399 g/mol. The van der Waals surface area contributed by atoms with Crippen molar-refractivity contribution in [2.75, 3.05) is 18.4 Å². The number of hydrogen-bond acceptors (Lipinski definition) is 5. The number of aryl methyl sites for hydroxylation is 1. The zero-order valence-electron chi connectivity index (χ0n) is 19.4. The van der Waals surface area contributed by atoms with E-state index >= 15 is 0 Å². The van der Waals surface area contributed by atoms with Crippen molar-refractivity contribution in [3.8, 4) is 11.5 Å². The van der Waals surface area contributed by atoms with E-state index in [1.165, 1.54) is 36.2 Å². The minimum absolute atomic E-state index is 0.310. The van der Waals surface area contributed by atoms with Gasteiger partial charge in [0, 0.05) is 46.0 Å². The molecule has 1 aromatic carbocycles. The number of hydrogen-bond donors (Lipinski definition) is 2. The summed E-state index contributed by atoms with van der Waals surface area (Å²) in [5.74, 6) is 1.55. The number of anilines is 1. The highest BCUT2D eigenvalue weighted by Gasteiger charge is 2.26. The average molecular weight is 398 g/mol. The van der Waals surface area contributed by atoms with Gasteiger partial charge in [-0.2, -0.15) is 0 Å². The van der Waals surface area contributed by atoms with Gasteiger partial charge in [0.1, 0.15) is 47.1 Å². The third kappa shape index (κ3) is 4.99. The zero-order valence-corrected chi connectivity index (χ0v) is 19.4. The lowest BCUT2D eigenvalue weighted by molar-refractivity contribution is 0.267. The van der Waals surface area contributed by atoms with Crippen LogP contribution in [0.3, 0.4) is 0 Å². The van der Waals surface area contributed by atoms with Crippen molar-refractivity contribution in [1.29, 1.82) is 0 Å². The Hall–Kier alpha value is -1.62. The molecule has 1 fully saturated rings. The molecule has 30 heavy (non-hydrogen) atoms. The molecule has 1 aromatic heterocycles. The highest BCUT2D eigenvalue weighted by molar-refractivity contribution is 6.59. The quantitative estimate of drug-likeness (QED) is 0.499. The van der Waals surface area contributed by atoms with Crippen LogP contribution in [0.1, 0.15) is 30.5 Å². The molecule has 152 valence electrons. The van der Waals surface area contributed by atoms with Crippen molar-refractivity contribution in [2.45, 2.75) is 48.7 Å². The second kappa shape index (κ2) is 8.14. The van der Waals surface area contributed by atoms with Gasteiger partial charge in [0.15, 0.2) is 11.5 Å². The first kappa shape index (κ1) is 21.6. The number of ether oxygens (including phenoxy) is 2. The summed E-state index contributed by atoms with van der Waals surface area (Å²) in [5.41, 5.74) is 4.86. The van der Waals surface area contributed by atoms with E-state index in [2.05, 4.69) is 69.8 Å². The van der Waals surface area contributed by atoms with Crippen LogP contribution in [0.5, 0.6) is 11.5 Å². The first-order valence-electron chi connectivity index (χ1n) is 11.4. The average Bonchev–Trinajstić information content (AvgIpc) is 3.09. The number of pyridine rings is 1. The van der Waals surface area contributed by atoms with Gasteiger partial charge in [0.2, 0.25) is 0 Å². The normalized spacial score (nSPS) is 19.4. The number of nitrogens with zero attached hydrogens (tertiary/aromatic N) is 1. The number of aromatic nitrogens is 1. The first-order chi connectivity index (χ1) is 14.1. The lowest BCUT2D eigenvalue weighted by Gasteiger charge is -2.29. The molecule has 1 aliphatic heterocycles. The Labute approximate surface area is 185 Å². The van der Waals surface area contributed by atoms with Crippen molar-refractivity contribution >= 4 is 63.7 Å². The fourth-order valence-electron chi connectivity index (χ4n) is 4.43. The fourth-order valence-corrected chi connectivity index (χ4v) is 4.43. The highest BCUT2D eigenvalue weighted by Crippen LogP contribution is 2.41. The maximum atomic E-state index is 6.36. The minimum Gasteiger partial charge on any atom is -0.510 e. The fraction of sp³-hybridized carbons (Fsp3) is 0.526.